The Morgan fingerprint density at radius 2 is 2.04 bits per heavy atom. The number of aryl methyl sites for hydroxylation is 2. The fraction of sp³-hybridized carbons (Fsp3) is 0.421. The van der Waals surface area contributed by atoms with E-state index < -0.39 is 0 Å². The van der Waals surface area contributed by atoms with Gasteiger partial charge in [-0.2, -0.15) is 5.10 Å². The molecule has 7 nitrogen and oxygen atoms in total. The number of hydrogen-bond donors (Lipinski definition) is 1. The maximum absolute atomic E-state index is 12.6. The minimum absolute atomic E-state index is 0.00183. The summed E-state index contributed by atoms with van der Waals surface area (Å²) in [6.45, 7) is 4.97. The van der Waals surface area contributed by atoms with Crippen LogP contribution in [0.5, 0.6) is 5.75 Å². The smallest absolute Gasteiger partial charge is 0.246 e. The summed E-state index contributed by atoms with van der Waals surface area (Å²) in [6, 6.07) is 7.43. The molecule has 2 aromatic rings. The molecule has 0 unspecified atom stereocenters. The van der Waals surface area contributed by atoms with Crippen molar-refractivity contribution < 1.29 is 14.3 Å². The van der Waals surface area contributed by atoms with E-state index in [-0.39, 0.29) is 18.4 Å². The highest BCUT2D eigenvalue weighted by Gasteiger charge is 2.29. The van der Waals surface area contributed by atoms with Gasteiger partial charge in [0.25, 0.3) is 0 Å². The predicted octanol–water partition coefficient (Wildman–Crippen LogP) is 1.84. The molecule has 1 fully saturated rings. The fourth-order valence-corrected chi connectivity index (χ4v) is 3.33. The second-order valence-corrected chi connectivity index (χ2v) is 6.45. The number of para-hydroxylation sites is 2. The number of H-pyrrole nitrogens is 1. The monoisotopic (exact) mass is 356 g/mol. The number of methoxy groups -OCH3 is 1. The molecule has 1 aromatic carbocycles. The molecule has 1 aliphatic heterocycles. The molecule has 0 bridgehead atoms. The van der Waals surface area contributed by atoms with E-state index in [1.54, 1.807) is 16.9 Å². The number of aromatic amines is 1. The predicted molar refractivity (Wildman–Crippen MR) is 98.3 cm³/mol. The van der Waals surface area contributed by atoms with Gasteiger partial charge < -0.3 is 14.5 Å². The normalized spacial score (nSPS) is 14.7. The maximum Gasteiger partial charge on any atom is 0.246 e. The number of hydrogen-bond acceptors (Lipinski definition) is 4. The molecule has 0 aliphatic carbocycles. The van der Waals surface area contributed by atoms with Crippen molar-refractivity contribution >= 4 is 17.5 Å². The third kappa shape index (κ3) is 3.56. The molecule has 1 saturated heterocycles. The van der Waals surface area contributed by atoms with E-state index in [4.69, 9.17) is 4.74 Å². The number of nitrogens with zero attached hydrogens (tertiary/aromatic N) is 3. The van der Waals surface area contributed by atoms with Gasteiger partial charge in [0.2, 0.25) is 11.8 Å². The van der Waals surface area contributed by atoms with E-state index in [0.29, 0.717) is 31.7 Å². The standard InChI is InChI=1S/C19H24N4O3/c1-13-15(14(2)21-20-13)8-9-18(24)22-10-11-23(19(25)12-22)16-6-4-5-7-17(16)26-3/h4-7H,8-12H2,1-3H3,(H,20,21). The van der Waals surface area contributed by atoms with Gasteiger partial charge in [-0.3, -0.25) is 14.7 Å². The highest BCUT2D eigenvalue weighted by molar-refractivity contribution is 5.99. The van der Waals surface area contributed by atoms with Crippen LogP contribution in [0.1, 0.15) is 23.4 Å². The summed E-state index contributed by atoms with van der Waals surface area (Å²) in [7, 11) is 1.59. The molecule has 7 heteroatoms. The van der Waals surface area contributed by atoms with E-state index in [1.807, 2.05) is 38.1 Å². The first-order valence-electron chi connectivity index (χ1n) is 8.73. The summed E-state index contributed by atoms with van der Waals surface area (Å²) in [5.41, 5.74) is 3.74. The van der Waals surface area contributed by atoms with Crippen LogP contribution >= 0.6 is 0 Å². The molecular formula is C19H24N4O3. The van der Waals surface area contributed by atoms with Gasteiger partial charge in [0.15, 0.2) is 0 Å². The third-order valence-electron chi connectivity index (χ3n) is 4.82. The van der Waals surface area contributed by atoms with Crippen molar-refractivity contribution in [2.45, 2.75) is 26.7 Å². The van der Waals surface area contributed by atoms with Gasteiger partial charge in [0.05, 0.1) is 18.5 Å². The Kier molecular flexibility index (Phi) is 5.25. The average Bonchev–Trinajstić information content (AvgIpc) is 2.97. The van der Waals surface area contributed by atoms with Gasteiger partial charge in [-0.05, 0) is 38.0 Å². The van der Waals surface area contributed by atoms with Crippen molar-refractivity contribution in [2.24, 2.45) is 0 Å². The molecule has 2 heterocycles. The molecule has 138 valence electrons. The van der Waals surface area contributed by atoms with Crippen molar-refractivity contribution in [3.63, 3.8) is 0 Å². The zero-order valence-electron chi connectivity index (χ0n) is 15.4. The number of piperazine rings is 1. The molecule has 1 aliphatic rings. The third-order valence-corrected chi connectivity index (χ3v) is 4.82. The Morgan fingerprint density at radius 3 is 2.69 bits per heavy atom. The Hall–Kier alpha value is -2.83. The van der Waals surface area contributed by atoms with Crippen LogP contribution in [0.4, 0.5) is 5.69 Å². The first kappa shape index (κ1) is 18.0. The lowest BCUT2D eigenvalue weighted by molar-refractivity contribution is -0.136. The van der Waals surface area contributed by atoms with Crippen LogP contribution in [-0.2, 0) is 16.0 Å². The molecule has 2 amide bonds. The number of aromatic nitrogens is 2. The molecule has 0 saturated carbocycles. The van der Waals surface area contributed by atoms with Gasteiger partial charge in [0.1, 0.15) is 12.3 Å². The summed E-state index contributed by atoms with van der Waals surface area (Å²) in [5.74, 6) is 0.564. The number of carbonyl (C=O) groups is 2. The number of ether oxygens (including phenoxy) is 1. The molecule has 1 N–H and O–H groups in total. The van der Waals surface area contributed by atoms with Crippen molar-refractivity contribution in [3.8, 4) is 5.75 Å². The second-order valence-electron chi connectivity index (χ2n) is 6.45. The molecular weight excluding hydrogens is 332 g/mol. The molecule has 3 rings (SSSR count). The van der Waals surface area contributed by atoms with Crippen LogP contribution in [0.15, 0.2) is 24.3 Å². The van der Waals surface area contributed by atoms with Gasteiger partial charge >= 0.3 is 0 Å². The van der Waals surface area contributed by atoms with E-state index in [1.165, 1.54) is 0 Å². The number of carbonyl (C=O) groups excluding carboxylic acids is 2. The SMILES string of the molecule is COc1ccccc1N1CCN(C(=O)CCc2c(C)n[nH]c2C)CC1=O. The largest absolute Gasteiger partial charge is 0.495 e. The van der Waals surface area contributed by atoms with Crippen LogP contribution in [0.3, 0.4) is 0 Å². The summed E-state index contributed by atoms with van der Waals surface area (Å²) < 4.78 is 5.34. The van der Waals surface area contributed by atoms with Gasteiger partial charge in [-0.25, -0.2) is 0 Å². The second kappa shape index (κ2) is 7.59. The van der Waals surface area contributed by atoms with Crippen LogP contribution < -0.4 is 9.64 Å². The minimum atomic E-state index is -0.0928. The first-order valence-corrected chi connectivity index (χ1v) is 8.73. The Balaban J connectivity index is 1.61. The van der Waals surface area contributed by atoms with Crippen molar-refractivity contribution in [1.82, 2.24) is 15.1 Å². The van der Waals surface area contributed by atoms with Crippen LogP contribution in [-0.4, -0.2) is 53.7 Å². The number of amides is 2. The summed E-state index contributed by atoms with van der Waals surface area (Å²) in [6.07, 6.45) is 1.01. The number of rotatable bonds is 5. The summed E-state index contributed by atoms with van der Waals surface area (Å²) >= 11 is 0. The van der Waals surface area contributed by atoms with Crippen molar-refractivity contribution in [2.75, 3.05) is 31.6 Å². The highest BCUT2D eigenvalue weighted by Crippen LogP contribution is 2.29. The highest BCUT2D eigenvalue weighted by atomic mass is 16.5. The van der Waals surface area contributed by atoms with Gasteiger partial charge in [-0.1, -0.05) is 12.1 Å². The van der Waals surface area contributed by atoms with Crippen molar-refractivity contribution in [1.29, 1.82) is 0 Å². The lowest BCUT2D eigenvalue weighted by Gasteiger charge is -2.35. The van der Waals surface area contributed by atoms with Gasteiger partial charge in [-0.15, -0.1) is 0 Å². The zero-order chi connectivity index (χ0) is 18.7. The van der Waals surface area contributed by atoms with E-state index in [2.05, 4.69) is 10.2 Å². The number of anilines is 1. The van der Waals surface area contributed by atoms with Crippen LogP contribution in [0.25, 0.3) is 0 Å². The zero-order valence-corrected chi connectivity index (χ0v) is 15.4. The number of nitrogens with one attached hydrogen (secondary N) is 1. The molecule has 1 aromatic heterocycles. The van der Waals surface area contributed by atoms with E-state index >= 15 is 0 Å². The summed E-state index contributed by atoms with van der Waals surface area (Å²) in [4.78, 5) is 28.4. The first-order chi connectivity index (χ1) is 12.5. The Labute approximate surface area is 152 Å². The fourth-order valence-electron chi connectivity index (χ4n) is 3.33. The lowest BCUT2D eigenvalue weighted by Crippen LogP contribution is -2.52. The topological polar surface area (TPSA) is 78.5 Å². The maximum atomic E-state index is 12.6. The number of benzene rings is 1. The molecule has 26 heavy (non-hydrogen) atoms. The minimum Gasteiger partial charge on any atom is -0.495 e. The molecule has 0 radical (unpaired) electrons. The molecule has 0 spiro atoms. The van der Waals surface area contributed by atoms with Crippen LogP contribution in [0.2, 0.25) is 0 Å². The summed E-state index contributed by atoms with van der Waals surface area (Å²) in [5, 5.41) is 7.09. The van der Waals surface area contributed by atoms with E-state index in [0.717, 1.165) is 22.6 Å². The Bertz CT molecular complexity index is 795. The van der Waals surface area contributed by atoms with E-state index in [9.17, 15) is 9.59 Å². The van der Waals surface area contributed by atoms with Crippen LogP contribution in [0, 0.1) is 13.8 Å². The Morgan fingerprint density at radius 1 is 1.27 bits per heavy atom. The van der Waals surface area contributed by atoms with Crippen molar-refractivity contribution in [3.05, 3.63) is 41.2 Å². The quantitative estimate of drug-likeness (QED) is 0.887. The lowest BCUT2D eigenvalue weighted by atomic mass is 10.1. The average molecular weight is 356 g/mol. The van der Waals surface area contributed by atoms with Gasteiger partial charge in [0, 0.05) is 25.2 Å². The molecule has 0 atom stereocenters.